The number of rotatable bonds is 1. The Kier molecular flexibility index (Phi) is 3.60. The van der Waals surface area contributed by atoms with Crippen molar-refractivity contribution in [3.8, 4) is 0 Å². The molecule has 162 valence electrons. The fraction of sp³-hybridized carbons (Fsp3) is 0.304. The molecule has 2 saturated heterocycles. The van der Waals surface area contributed by atoms with Gasteiger partial charge < -0.3 is 9.94 Å². The van der Waals surface area contributed by atoms with Crippen LogP contribution in [0, 0.1) is 0 Å². The molecule has 0 saturated carbocycles. The van der Waals surface area contributed by atoms with Gasteiger partial charge in [-0.25, -0.2) is 9.78 Å². The molecule has 3 aromatic rings. The topological polar surface area (TPSA) is 105 Å². The molecule has 0 bridgehead atoms. The molecule has 3 aliphatic rings. The van der Waals surface area contributed by atoms with Crippen LogP contribution in [-0.2, 0) is 19.9 Å². The third-order valence-electron chi connectivity index (χ3n) is 6.91. The van der Waals surface area contributed by atoms with E-state index in [0.717, 1.165) is 5.06 Å². The van der Waals surface area contributed by atoms with Crippen LogP contribution in [0.1, 0.15) is 31.9 Å². The maximum absolute atomic E-state index is 13.2. The Balaban J connectivity index is 1.52. The zero-order valence-electron chi connectivity index (χ0n) is 17.4. The summed E-state index contributed by atoms with van der Waals surface area (Å²) in [6, 6.07) is 13.1. The molecule has 6 rings (SSSR count). The van der Waals surface area contributed by atoms with Crippen molar-refractivity contribution in [2.75, 3.05) is 4.90 Å². The van der Waals surface area contributed by atoms with Crippen molar-refractivity contribution in [1.82, 2.24) is 14.6 Å². The second-order valence-corrected chi connectivity index (χ2v) is 8.97. The highest BCUT2D eigenvalue weighted by Crippen LogP contribution is 2.58. The van der Waals surface area contributed by atoms with Gasteiger partial charge in [0.25, 0.3) is 11.5 Å². The Morgan fingerprint density at radius 1 is 1.06 bits per heavy atom. The number of benzene rings is 2. The molecule has 0 aliphatic carbocycles. The summed E-state index contributed by atoms with van der Waals surface area (Å²) in [6.45, 7) is 3.24. The van der Waals surface area contributed by atoms with Crippen LogP contribution in [0.3, 0.4) is 0 Å². The second-order valence-electron chi connectivity index (χ2n) is 8.97. The lowest BCUT2D eigenvalue weighted by molar-refractivity contribution is -0.209. The van der Waals surface area contributed by atoms with E-state index >= 15 is 0 Å². The third kappa shape index (κ3) is 2.14. The summed E-state index contributed by atoms with van der Waals surface area (Å²) in [5.74, 6) is -0.898. The fourth-order valence-corrected chi connectivity index (χ4v) is 5.25. The number of nitrogens with zero attached hydrogens (tertiary/aromatic N) is 4. The first-order valence-corrected chi connectivity index (χ1v) is 10.4. The molecule has 0 radical (unpaired) electrons. The quantitative estimate of drug-likeness (QED) is 0.586. The number of ether oxygens (including phenoxy) is 1. The number of carbonyl (C=O) groups excluding carboxylic acids is 2. The molecular formula is C23H20N4O5. The van der Waals surface area contributed by atoms with Crippen LogP contribution in [-0.4, -0.2) is 43.4 Å². The van der Waals surface area contributed by atoms with Crippen LogP contribution in [0.15, 0.2) is 59.7 Å². The van der Waals surface area contributed by atoms with E-state index in [0.29, 0.717) is 22.2 Å². The summed E-state index contributed by atoms with van der Waals surface area (Å²) in [5, 5.41) is 12.4. The number of aromatic nitrogens is 2. The van der Waals surface area contributed by atoms with Gasteiger partial charge in [0.1, 0.15) is 11.6 Å². The minimum Gasteiger partial charge on any atom is -0.449 e. The van der Waals surface area contributed by atoms with Crippen molar-refractivity contribution in [2.24, 2.45) is 0 Å². The van der Waals surface area contributed by atoms with Crippen LogP contribution in [0.25, 0.3) is 10.9 Å². The standard InChI is InChI=1S/C23H20N4O5/c1-22(2)21(30)26-16-10-6-4-8-14(16)23(20(26)27(22)31)11-17(19(29)32-23)25-12-24-15-9-5-3-7-13(15)18(25)28/h3-10,12,17,20,31H,11H2,1-2H3/t17?,20-,23-/m0/s1. The predicted molar refractivity (Wildman–Crippen MR) is 113 cm³/mol. The Morgan fingerprint density at radius 2 is 1.78 bits per heavy atom. The van der Waals surface area contributed by atoms with Gasteiger partial charge in [-0.15, -0.1) is 5.06 Å². The molecule has 3 atom stereocenters. The highest BCUT2D eigenvalue weighted by atomic mass is 16.6. The lowest BCUT2D eigenvalue weighted by Gasteiger charge is -2.35. The van der Waals surface area contributed by atoms with Gasteiger partial charge in [0.05, 0.1) is 22.9 Å². The molecule has 1 N–H and O–H groups in total. The van der Waals surface area contributed by atoms with Gasteiger partial charge in [-0.1, -0.05) is 30.3 Å². The van der Waals surface area contributed by atoms with E-state index in [2.05, 4.69) is 4.98 Å². The predicted octanol–water partition coefficient (Wildman–Crippen LogP) is 1.94. The number of hydrogen-bond donors (Lipinski definition) is 1. The lowest BCUT2D eigenvalue weighted by atomic mass is 9.88. The van der Waals surface area contributed by atoms with Crippen LogP contribution >= 0.6 is 0 Å². The second kappa shape index (κ2) is 6.02. The molecule has 1 aromatic heterocycles. The number of hydroxylamine groups is 2. The zero-order chi connectivity index (χ0) is 22.4. The number of carbonyl (C=O) groups is 2. The normalized spacial score (nSPS) is 28.4. The number of hydrogen-bond acceptors (Lipinski definition) is 7. The minimum absolute atomic E-state index is 0.0738. The lowest BCUT2D eigenvalue weighted by Crippen LogP contribution is -2.52. The Labute approximate surface area is 182 Å². The number of amides is 1. The summed E-state index contributed by atoms with van der Waals surface area (Å²) in [5.41, 5.74) is -1.10. The number of esters is 1. The number of fused-ring (bicyclic) bond motifs is 6. The van der Waals surface area contributed by atoms with Gasteiger partial charge in [-0.2, -0.15) is 0 Å². The van der Waals surface area contributed by atoms with Crippen LogP contribution in [0.2, 0.25) is 0 Å². The summed E-state index contributed by atoms with van der Waals surface area (Å²) < 4.78 is 7.26. The molecule has 9 nitrogen and oxygen atoms in total. The average Bonchev–Trinajstić information content (AvgIpc) is 3.33. The first-order chi connectivity index (χ1) is 15.3. The average molecular weight is 432 g/mol. The van der Waals surface area contributed by atoms with Crippen LogP contribution in [0.4, 0.5) is 5.69 Å². The maximum atomic E-state index is 13.2. The Morgan fingerprint density at radius 3 is 2.59 bits per heavy atom. The van der Waals surface area contributed by atoms with Gasteiger partial charge in [-0.3, -0.25) is 19.1 Å². The minimum atomic E-state index is -1.32. The SMILES string of the molecule is CC1(C)C(=O)N2c3ccccc3[C@@]3(CC(n4cnc5ccccc5c4=O)C(=O)O3)[C@@H]2N1O. The number of para-hydroxylation sites is 2. The van der Waals surface area contributed by atoms with E-state index < -0.39 is 29.3 Å². The van der Waals surface area contributed by atoms with E-state index in [1.54, 1.807) is 62.4 Å². The van der Waals surface area contributed by atoms with Crippen molar-refractivity contribution in [3.05, 3.63) is 70.8 Å². The van der Waals surface area contributed by atoms with Crippen LogP contribution < -0.4 is 10.5 Å². The van der Waals surface area contributed by atoms with E-state index in [1.165, 1.54) is 15.8 Å². The highest BCUT2D eigenvalue weighted by Gasteiger charge is 2.70. The zero-order valence-corrected chi connectivity index (χ0v) is 17.4. The first-order valence-electron chi connectivity index (χ1n) is 10.4. The van der Waals surface area contributed by atoms with Crippen LogP contribution in [0.5, 0.6) is 0 Å². The van der Waals surface area contributed by atoms with Gasteiger partial charge in [0.15, 0.2) is 11.8 Å². The summed E-state index contributed by atoms with van der Waals surface area (Å²) in [4.78, 5) is 45.3. The third-order valence-corrected chi connectivity index (χ3v) is 6.91. The smallest absolute Gasteiger partial charge is 0.330 e. The van der Waals surface area contributed by atoms with Crippen molar-refractivity contribution in [2.45, 2.75) is 43.6 Å². The molecule has 1 spiro atoms. The van der Waals surface area contributed by atoms with Gasteiger partial charge in [-0.05, 0) is 32.0 Å². The molecule has 1 unspecified atom stereocenters. The van der Waals surface area contributed by atoms with Crippen molar-refractivity contribution in [3.63, 3.8) is 0 Å². The molecule has 1 amide bonds. The first kappa shape index (κ1) is 19.1. The number of anilines is 1. The molecule has 3 aliphatic heterocycles. The molecule has 32 heavy (non-hydrogen) atoms. The highest BCUT2D eigenvalue weighted by molar-refractivity contribution is 6.05. The Hall–Kier alpha value is -3.56. The summed E-state index contributed by atoms with van der Waals surface area (Å²) >= 11 is 0. The van der Waals surface area contributed by atoms with Gasteiger partial charge in [0, 0.05) is 12.0 Å². The van der Waals surface area contributed by atoms with E-state index in [-0.39, 0.29) is 17.9 Å². The molecule has 9 heteroatoms. The fourth-order valence-electron chi connectivity index (χ4n) is 5.25. The van der Waals surface area contributed by atoms with Gasteiger partial charge in [0.2, 0.25) is 0 Å². The summed E-state index contributed by atoms with van der Waals surface area (Å²) in [6.07, 6.45) is 0.499. The molecule has 2 aromatic carbocycles. The molecule has 4 heterocycles. The van der Waals surface area contributed by atoms with E-state index in [9.17, 15) is 19.6 Å². The summed E-state index contributed by atoms with van der Waals surface area (Å²) in [7, 11) is 0. The molecule has 2 fully saturated rings. The maximum Gasteiger partial charge on any atom is 0.330 e. The van der Waals surface area contributed by atoms with Crippen molar-refractivity contribution < 1.29 is 19.5 Å². The van der Waals surface area contributed by atoms with E-state index in [4.69, 9.17) is 4.74 Å². The van der Waals surface area contributed by atoms with Crippen molar-refractivity contribution >= 4 is 28.5 Å². The monoisotopic (exact) mass is 432 g/mol. The Bertz CT molecular complexity index is 1380. The van der Waals surface area contributed by atoms with E-state index in [1.807, 2.05) is 0 Å². The largest absolute Gasteiger partial charge is 0.449 e. The van der Waals surface area contributed by atoms with Crippen molar-refractivity contribution in [1.29, 1.82) is 0 Å². The molecular weight excluding hydrogens is 412 g/mol. The van der Waals surface area contributed by atoms with Gasteiger partial charge >= 0.3 is 5.97 Å².